The lowest BCUT2D eigenvalue weighted by molar-refractivity contribution is 0.0601. The first kappa shape index (κ1) is 14.4. The zero-order valence-corrected chi connectivity index (χ0v) is 12.6. The Morgan fingerprint density at radius 1 is 1.57 bits per heavy atom. The Morgan fingerprint density at radius 3 is 3.10 bits per heavy atom. The van der Waals surface area contributed by atoms with Crippen LogP contribution in [0.5, 0.6) is 0 Å². The number of nitrogens with zero attached hydrogens (tertiary/aromatic N) is 2. The normalized spacial score (nSPS) is 18.3. The van der Waals surface area contributed by atoms with E-state index >= 15 is 0 Å². The molecule has 5 nitrogen and oxygen atoms in total. The highest BCUT2D eigenvalue weighted by atomic mass is 35.5. The summed E-state index contributed by atoms with van der Waals surface area (Å²) in [5.74, 6) is 0.771. The molecule has 1 aromatic heterocycles. The predicted octanol–water partition coefficient (Wildman–Crippen LogP) is 2.74. The molecule has 1 fully saturated rings. The van der Waals surface area contributed by atoms with Gasteiger partial charge in [0.1, 0.15) is 5.82 Å². The predicted molar refractivity (Wildman–Crippen MR) is 79.6 cm³/mol. The number of rotatable bonds is 4. The van der Waals surface area contributed by atoms with E-state index in [1.807, 2.05) is 10.6 Å². The second-order valence-electron chi connectivity index (χ2n) is 5.10. The number of esters is 1. The summed E-state index contributed by atoms with van der Waals surface area (Å²) in [7, 11) is 1.38. The maximum atomic E-state index is 11.7. The van der Waals surface area contributed by atoms with E-state index in [2.05, 4.69) is 4.98 Å². The smallest absolute Gasteiger partial charge is 0.337 e. The van der Waals surface area contributed by atoms with E-state index in [9.17, 15) is 4.79 Å². The van der Waals surface area contributed by atoms with Crippen LogP contribution in [-0.4, -0.2) is 35.3 Å². The third-order valence-electron chi connectivity index (χ3n) is 3.78. The molecule has 0 bridgehead atoms. The number of ether oxygens (including phenoxy) is 2. The zero-order valence-electron chi connectivity index (χ0n) is 11.8. The van der Waals surface area contributed by atoms with Crippen molar-refractivity contribution >= 4 is 28.6 Å². The highest BCUT2D eigenvalue weighted by molar-refractivity contribution is 6.16. The van der Waals surface area contributed by atoms with Crippen molar-refractivity contribution in [1.29, 1.82) is 0 Å². The van der Waals surface area contributed by atoms with Gasteiger partial charge >= 0.3 is 5.97 Å². The molecule has 0 saturated carbocycles. The number of imidazole rings is 1. The molecule has 2 aromatic rings. The van der Waals surface area contributed by atoms with E-state index in [4.69, 9.17) is 21.1 Å². The molecule has 2 heterocycles. The van der Waals surface area contributed by atoms with Crippen molar-refractivity contribution in [1.82, 2.24) is 9.55 Å². The Labute approximate surface area is 127 Å². The van der Waals surface area contributed by atoms with Crippen LogP contribution >= 0.6 is 11.6 Å². The molecule has 0 N–H and O–H groups in total. The van der Waals surface area contributed by atoms with Gasteiger partial charge in [-0.1, -0.05) is 0 Å². The number of aromatic nitrogens is 2. The summed E-state index contributed by atoms with van der Waals surface area (Å²) in [5, 5.41) is 0. The lowest BCUT2D eigenvalue weighted by Crippen LogP contribution is -2.16. The Balaban J connectivity index is 2.03. The Hall–Kier alpha value is -1.59. The maximum absolute atomic E-state index is 11.7. The number of benzene rings is 1. The molecule has 1 saturated heterocycles. The highest BCUT2D eigenvalue weighted by Crippen LogP contribution is 2.23. The van der Waals surface area contributed by atoms with Crippen LogP contribution in [0.1, 0.15) is 29.0 Å². The fraction of sp³-hybridized carbons (Fsp3) is 0.467. The van der Waals surface area contributed by atoms with E-state index < -0.39 is 0 Å². The minimum absolute atomic E-state index is 0.186. The van der Waals surface area contributed by atoms with Crippen molar-refractivity contribution in [3.63, 3.8) is 0 Å². The summed E-state index contributed by atoms with van der Waals surface area (Å²) in [6.07, 6.45) is 2.31. The van der Waals surface area contributed by atoms with Gasteiger partial charge in [0.2, 0.25) is 0 Å². The zero-order chi connectivity index (χ0) is 14.8. The molecule has 1 aliphatic rings. The molecule has 1 aliphatic heterocycles. The molecule has 1 atom stereocenters. The van der Waals surface area contributed by atoms with Gasteiger partial charge in [-0.25, -0.2) is 9.78 Å². The third kappa shape index (κ3) is 2.76. The monoisotopic (exact) mass is 308 g/mol. The topological polar surface area (TPSA) is 53.3 Å². The average molecular weight is 309 g/mol. The average Bonchev–Trinajstić information content (AvgIpc) is 3.14. The number of methoxy groups -OCH3 is 1. The molecule has 6 heteroatoms. The summed E-state index contributed by atoms with van der Waals surface area (Å²) in [4.78, 5) is 16.2. The number of halogens is 1. The van der Waals surface area contributed by atoms with Crippen molar-refractivity contribution in [3.8, 4) is 0 Å². The molecular formula is C15H17ClN2O3. The SMILES string of the molecule is COC(=O)c1ccc2nc(CCl)n(C[C@@H]3CCCO3)c2c1. The van der Waals surface area contributed by atoms with Gasteiger partial charge in [-0.15, -0.1) is 11.6 Å². The van der Waals surface area contributed by atoms with Gasteiger partial charge in [0.05, 0.1) is 42.2 Å². The third-order valence-corrected chi connectivity index (χ3v) is 4.02. The Morgan fingerprint density at radius 2 is 2.43 bits per heavy atom. The summed E-state index contributed by atoms with van der Waals surface area (Å²) >= 11 is 6.00. The van der Waals surface area contributed by atoms with E-state index in [1.54, 1.807) is 12.1 Å². The van der Waals surface area contributed by atoms with Crippen molar-refractivity contribution in [2.24, 2.45) is 0 Å². The first-order valence-corrected chi connectivity index (χ1v) is 7.51. The molecule has 0 aliphatic carbocycles. The highest BCUT2D eigenvalue weighted by Gasteiger charge is 2.20. The van der Waals surface area contributed by atoms with Crippen LogP contribution in [0.4, 0.5) is 0 Å². The van der Waals surface area contributed by atoms with Gasteiger partial charge in [-0.3, -0.25) is 0 Å². The lowest BCUT2D eigenvalue weighted by Gasteiger charge is -2.13. The molecular weight excluding hydrogens is 292 g/mol. The Bertz CT molecular complexity index is 662. The van der Waals surface area contributed by atoms with Gasteiger partial charge in [0.25, 0.3) is 0 Å². The molecule has 0 spiro atoms. The first-order valence-electron chi connectivity index (χ1n) is 6.98. The number of hydrogen-bond acceptors (Lipinski definition) is 4. The van der Waals surface area contributed by atoms with Crippen molar-refractivity contribution < 1.29 is 14.3 Å². The largest absolute Gasteiger partial charge is 0.465 e. The number of carbonyl (C=O) groups excluding carboxylic acids is 1. The lowest BCUT2D eigenvalue weighted by atomic mass is 10.2. The quantitative estimate of drug-likeness (QED) is 0.644. The van der Waals surface area contributed by atoms with Crippen LogP contribution in [0.2, 0.25) is 0 Å². The summed E-state index contributed by atoms with van der Waals surface area (Å²) < 4.78 is 12.5. The molecule has 112 valence electrons. The van der Waals surface area contributed by atoms with Gasteiger partial charge in [-0.05, 0) is 31.0 Å². The van der Waals surface area contributed by atoms with Crippen LogP contribution in [0.25, 0.3) is 11.0 Å². The Kier molecular flexibility index (Phi) is 4.12. The number of carbonyl (C=O) groups is 1. The minimum atomic E-state index is -0.353. The fourth-order valence-corrected chi connectivity index (χ4v) is 2.92. The van der Waals surface area contributed by atoms with Crippen LogP contribution in [0.3, 0.4) is 0 Å². The summed E-state index contributed by atoms with van der Waals surface area (Å²) in [6, 6.07) is 5.35. The van der Waals surface area contributed by atoms with Gasteiger partial charge in [0, 0.05) is 6.61 Å². The second kappa shape index (κ2) is 6.03. The maximum Gasteiger partial charge on any atom is 0.337 e. The van der Waals surface area contributed by atoms with E-state index in [-0.39, 0.29) is 12.1 Å². The van der Waals surface area contributed by atoms with Crippen LogP contribution in [-0.2, 0) is 21.9 Å². The second-order valence-corrected chi connectivity index (χ2v) is 5.37. The van der Waals surface area contributed by atoms with Crippen LogP contribution < -0.4 is 0 Å². The number of fused-ring (bicyclic) bond motifs is 1. The minimum Gasteiger partial charge on any atom is -0.465 e. The molecule has 0 unspecified atom stereocenters. The van der Waals surface area contributed by atoms with Crippen molar-refractivity contribution in [3.05, 3.63) is 29.6 Å². The van der Waals surface area contributed by atoms with E-state index in [1.165, 1.54) is 7.11 Å². The standard InChI is InChI=1S/C15H17ClN2O3/c1-20-15(19)10-4-5-12-13(7-10)18(14(8-16)17-12)9-11-3-2-6-21-11/h4-5,7,11H,2-3,6,8-9H2,1H3/t11-/m0/s1. The van der Waals surface area contributed by atoms with Gasteiger partial charge < -0.3 is 14.0 Å². The van der Waals surface area contributed by atoms with Gasteiger partial charge in [-0.2, -0.15) is 0 Å². The molecule has 3 rings (SSSR count). The molecule has 1 aromatic carbocycles. The van der Waals surface area contributed by atoms with E-state index in [0.717, 1.165) is 36.3 Å². The summed E-state index contributed by atoms with van der Waals surface area (Å²) in [6.45, 7) is 1.52. The van der Waals surface area contributed by atoms with Gasteiger partial charge in [0.15, 0.2) is 0 Å². The van der Waals surface area contributed by atoms with Crippen molar-refractivity contribution in [2.75, 3.05) is 13.7 Å². The first-order chi connectivity index (χ1) is 10.2. The molecule has 21 heavy (non-hydrogen) atoms. The fourth-order valence-electron chi connectivity index (χ4n) is 2.72. The molecule has 0 radical (unpaired) electrons. The van der Waals surface area contributed by atoms with Crippen LogP contribution in [0.15, 0.2) is 18.2 Å². The van der Waals surface area contributed by atoms with Crippen molar-refractivity contribution in [2.45, 2.75) is 31.4 Å². The van der Waals surface area contributed by atoms with E-state index in [0.29, 0.717) is 18.0 Å². The number of alkyl halides is 1. The molecule has 0 amide bonds. The van der Waals surface area contributed by atoms with Crippen LogP contribution in [0, 0.1) is 0 Å². The summed E-state index contributed by atoms with van der Waals surface area (Å²) in [5.41, 5.74) is 2.24. The number of hydrogen-bond donors (Lipinski definition) is 0.